The van der Waals surface area contributed by atoms with Gasteiger partial charge in [-0.15, -0.1) is 0 Å². The Hall–Kier alpha value is -1.46. The van der Waals surface area contributed by atoms with Crippen LogP contribution in [0.1, 0.15) is 43.4 Å². The molecule has 1 amide bonds. The summed E-state index contributed by atoms with van der Waals surface area (Å²) in [6.07, 6.45) is -3.74. The molecule has 1 aromatic rings. The van der Waals surface area contributed by atoms with E-state index in [0.29, 0.717) is 29.9 Å². The first-order valence-corrected chi connectivity index (χ1v) is 6.05. The number of hydrogen-bond acceptors (Lipinski definition) is 2. The molecule has 1 atom stereocenters. The van der Waals surface area contributed by atoms with E-state index in [1.807, 2.05) is 13.8 Å². The number of halogens is 3. The lowest BCUT2D eigenvalue weighted by Crippen LogP contribution is -2.42. The molecule has 6 heteroatoms. The van der Waals surface area contributed by atoms with E-state index >= 15 is 0 Å². The van der Waals surface area contributed by atoms with Gasteiger partial charge in [-0.05, 0) is 24.8 Å². The molecule has 0 radical (unpaired) electrons. The van der Waals surface area contributed by atoms with E-state index in [-0.39, 0.29) is 5.41 Å². The van der Waals surface area contributed by atoms with Gasteiger partial charge in [0.2, 0.25) is 0 Å². The van der Waals surface area contributed by atoms with Crippen LogP contribution in [-0.4, -0.2) is 12.1 Å². The topological polar surface area (TPSA) is 42.2 Å². The molecular formula is C13H16F3NO2. The Morgan fingerprint density at radius 3 is 2.68 bits per heavy atom. The fraction of sp³-hybridized carbons (Fsp3) is 0.615. The van der Waals surface area contributed by atoms with E-state index in [9.17, 15) is 18.0 Å². The summed E-state index contributed by atoms with van der Waals surface area (Å²) >= 11 is 0. The molecule has 106 valence electrons. The van der Waals surface area contributed by atoms with Crippen molar-refractivity contribution < 1.29 is 22.4 Å². The number of amides is 1. The molecule has 1 unspecified atom stereocenters. The minimum Gasteiger partial charge on any atom is -0.466 e. The van der Waals surface area contributed by atoms with E-state index in [2.05, 4.69) is 5.32 Å². The van der Waals surface area contributed by atoms with Crippen molar-refractivity contribution in [1.82, 2.24) is 5.32 Å². The molecule has 1 aliphatic rings. The third-order valence-electron chi connectivity index (χ3n) is 3.30. The predicted octanol–water partition coefficient (Wildman–Crippen LogP) is 3.28. The molecule has 19 heavy (non-hydrogen) atoms. The minimum atomic E-state index is -4.86. The summed E-state index contributed by atoms with van der Waals surface area (Å²) in [7, 11) is 0. The highest BCUT2D eigenvalue weighted by Gasteiger charge is 2.43. The Bertz CT molecular complexity index is 502. The van der Waals surface area contributed by atoms with Crippen LogP contribution < -0.4 is 5.32 Å². The molecule has 3 nitrogen and oxygen atoms in total. The Balaban J connectivity index is 2.28. The number of hydrogen-bond donors (Lipinski definition) is 1. The molecule has 0 aliphatic heterocycles. The van der Waals surface area contributed by atoms with Gasteiger partial charge in [-0.25, -0.2) is 0 Å². The Morgan fingerprint density at radius 2 is 2.11 bits per heavy atom. The number of nitrogens with one attached hydrogen (secondary N) is 1. The van der Waals surface area contributed by atoms with Crippen LogP contribution in [0, 0.1) is 12.3 Å². The Labute approximate surface area is 109 Å². The maximum Gasteiger partial charge on any atom is 0.471 e. The summed E-state index contributed by atoms with van der Waals surface area (Å²) in [4.78, 5) is 11.1. The minimum absolute atomic E-state index is 0.208. The van der Waals surface area contributed by atoms with Gasteiger partial charge in [0.15, 0.2) is 0 Å². The van der Waals surface area contributed by atoms with Gasteiger partial charge in [0, 0.05) is 12.0 Å². The predicted molar refractivity (Wildman–Crippen MR) is 62.5 cm³/mol. The number of fused-ring (bicyclic) bond motifs is 1. The van der Waals surface area contributed by atoms with Gasteiger partial charge in [-0.2, -0.15) is 13.2 Å². The summed E-state index contributed by atoms with van der Waals surface area (Å²) < 4.78 is 42.5. The molecule has 1 N–H and O–H groups in total. The van der Waals surface area contributed by atoms with Crippen molar-refractivity contribution in [2.24, 2.45) is 5.41 Å². The van der Waals surface area contributed by atoms with E-state index in [0.717, 1.165) is 0 Å². The molecule has 1 heterocycles. The van der Waals surface area contributed by atoms with Crippen molar-refractivity contribution in [2.75, 3.05) is 0 Å². The number of alkyl halides is 3. The van der Waals surface area contributed by atoms with Crippen molar-refractivity contribution in [3.05, 3.63) is 23.2 Å². The van der Waals surface area contributed by atoms with E-state index in [1.165, 1.54) is 0 Å². The van der Waals surface area contributed by atoms with Crippen LogP contribution in [-0.2, 0) is 11.2 Å². The van der Waals surface area contributed by atoms with E-state index < -0.39 is 18.1 Å². The van der Waals surface area contributed by atoms with Crippen LogP contribution in [0.15, 0.2) is 10.5 Å². The average molecular weight is 275 g/mol. The molecule has 0 saturated heterocycles. The summed E-state index contributed by atoms with van der Waals surface area (Å²) in [5.41, 5.74) is 0.454. The largest absolute Gasteiger partial charge is 0.471 e. The van der Waals surface area contributed by atoms with Crippen molar-refractivity contribution in [1.29, 1.82) is 0 Å². The molecule has 0 fully saturated rings. The standard InChI is InChI=1S/C13H16F3NO2/c1-7-4-8-9(17-11(18)13(14,15)16)5-12(2,3)6-10(8)19-7/h4,9H,5-6H2,1-3H3,(H,17,18). The van der Waals surface area contributed by atoms with Crippen LogP contribution in [0.2, 0.25) is 0 Å². The van der Waals surface area contributed by atoms with Crippen molar-refractivity contribution in [3.8, 4) is 0 Å². The second kappa shape index (κ2) is 4.28. The quantitative estimate of drug-likeness (QED) is 0.854. The van der Waals surface area contributed by atoms with Gasteiger partial charge in [-0.3, -0.25) is 4.79 Å². The van der Waals surface area contributed by atoms with Crippen LogP contribution in [0.4, 0.5) is 13.2 Å². The Kier molecular flexibility index (Phi) is 3.15. The molecule has 0 spiro atoms. The van der Waals surface area contributed by atoms with Crippen molar-refractivity contribution in [3.63, 3.8) is 0 Å². The Morgan fingerprint density at radius 1 is 1.47 bits per heavy atom. The number of furan rings is 1. The average Bonchev–Trinajstić information content (AvgIpc) is 2.55. The first-order chi connectivity index (χ1) is 8.58. The normalized spacial score (nSPS) is 21.9. The summed E-state index contributed by atoms with van der Waals surface area (Å²) in [5, 5.41) is 2.06. The SMILES string of the molecule is Cc1cc2c(o1)CC(C)(C)CC2NC(=O)C(F)(F)F. The van der Waals surface area contributed by atoms with Gasteiger partial charge < -0.3 is 9.73 Å². The molecule has 0 aromatic carbocycles. The fourth-order valence-electron chi connectivity index (χ4n) is 2.55. The van der Waals surface area contributed by atoms with Gasteiger partial charge in [-0.1, -0.05) is 13.8 Å². The number of carbonyl (C=O) groups excluding carboxylic acids is 1. The van der Waals surface area contributed by atoms with E-state index in [4.69, 9.17) is 4.42 Å². The maximum absolute atomic E-state index is 12.3. The first kappa shape index (κ1) is 14.0. The van der Waals surface area contributed by atoms with Crippen LogP contribution >= 0.6 is 0 Å². The number of rotatable bonds is 1. The van der Waals surface area contributed by atoms with Crippen molar-refractivity contribution in [2.45, 2.75) is 45.8 Å². The first-order valence-electron chi connectivity index (χ1n) is 6.05. The zero-order valence-electron chi connectivity index (χ0n) is 11.0. The molecule has 1 aromatic heterocycles. The zero-order valence-corrected chi connectivity index (χ0v) is 11.0. The lowest BCUT2D eigenvalue weighted by Gasteiger charge is -2.34. The maximum atomic E-state index is 12.3. The highest BCUT2D eigenvalue weighted by molar-refractivity contribution is 5.82. The highest BCUT2D eigenvalue weighted by Crippen LogP contribution is 2.42. The van der Waals surface area contributed by atoms with Crippen LogP contribution in [0.3, 0.4) is 0 Å². The molecule has 0 saturated carbocycles. The third kappa shape index (κ3) is 2.93. The van der Waals surface area contributed by atoms with Gasteiger partial charge in [0.05, 0.1) is 6.04 Å². The smallest absolute Gasteiger partial charge is 0.466 e. The lowest BCUT2D eigenvalue weighted by molar-refractivity contribution is -0.174. The van der Waals surface area contributed by atoms with Gasteiger partial charge in [0.1, 0.15) is 11.5 Å². The number of carbonyl (C=O) groups is 1. The molecule has 2 rings (SSSR count). The summed E-state index contributed by atoms with van der Waals surface area (Å²) in [6.45, 7) is 5.63. The van der Waals surface area contributed by atoms with Crippen LogP contribution in [0.5, 0.6) is 0 Å². The second-order valence-electron chi connectivity index (χ2n) is 5.80. The molecule has 1 aliphatic carbocycles. The molecule has 0 bridgehead atoms. The monoisotopic (exact) mass is 275 g/mol. The van der Waals surface area contributed by atoms with Crippen LogP contribution in [0.25, 0.3) is 0 Å². The lowest BCUT2D eigenvalue weighted by atomic mass is 9.74. The number of aryl methyl sites for hydroxylation is 1. The second-order valence-corrected chi connectivity index (χ2v) is 5.80. The van der Waals surface area contributed by atoms with E-state index in [1.54, 1.807) is 13.0 Å². The van der Waals surface area contributed by atoms with Gasteiger partial charge >= 0.3 is 12.1 Å². The molecular weight excluding hydrogens is 259 g/mol. The highest BCUT2D eigenvalue weighted by atomic mass is 19.4. The zero-order chi connectivity index (χ0) is 14.4. The van der Waals surface area contributed by atoms with Crippen molar-refractivity contribution >= 4 is 5.91 Å². The summed E-state index contributed by atoms with van der Waals surface area (Å²) in [6, 6.07) is 1.05. The summed E-state index contributed by atoms with van der Waals surface area (Å²) in [5.74, 6) is -0.588. The van der Waals surface area contributed by atoms with Gasteiger partial charge in [0.25, 0.3) is 0 Å². The third-order valence-corrected chi connectivity index (χ3v) is 3.30. The fourth-order valence-corrected chi connectivity index (χ4v) is 2.55.